The minimum absolute atomic E-state index is 0.0619. The molecule has 4 rings (SSSR count). The van der Waals surface area contributed by atoms with Gasteiger partial charge < -0.3 is 19.5 Å². The van der Waals surface area contributed by atoms with Gasteiger partial charge in [0.15, 0.2) is 17.3 Å². The summed E-state index contributed by atoms with van der Waals surface area (Å²) < 4.78 is 16.4. The van der Waals surface area contributed by atoms with Gasteiger partial charge in [-0.3, -0.25) is 14.9 Å². The molecule has 9 nitrogen and oxygen atoms in total. The van der Waals surface area contributed by atoms with Crippen LogP contribution in [0.3, 0.4) is 0 Å². The Morgan fingerprint density at radius 1 is 1.05 bits per heavy atom. The van der Waals surface area contributed by atoms with Gasteiger partial charge in [-0.1, -0.05) is 31.5 Å². The maximum atomic E-state index is 13.7. The summed E-state index contributed by atoms with van der Waals surface area (Å²) in [6.07, 6.45) is 2.40. The normalized spacial score (nSPS) is 19.0. The standard InChI is InChI=1S/C29H32N2O7/c1-5-6-13-38-29(33)26-17(2)30-22-14-20(19-9-12-24(36-3)25(16-19)37-4)15-23(32)28(22)27(26)18-7-10-21(11-8-18)31(34)35/h7-12,16,20,27,30H,5-6,13-15H2,1-4H3/t20-,27-/m1/s1. The van der Waals surface area contributed by atoms with Gasteiger partial charge in [0, 0.05) is 41.4 Å². The average Bonchev–Trinajstić information content (AvgIpc) is 2.91. The second-order valence-corrected chi connectivity index (χ2v) is 9.47. The zero-order valence-corrected chi connectivity index (χ0v) is 22.0. The van der Waals surface area contributed by atoms with Crippen LogP contribution in [0.15, 0.2) is 65.0 Å². The first kappa shape index (κ1) is 26.9. The number of nitrogens with zero attached hydrogens (tertiary/aromatic N) is 1. The molecule has 2 aromatic rings. The van der Waals surface area contributed by atoms with Crippen molar-refractivity contribution in [2.24, 2.45) is 0 Å². The molecule has 0 bridgehead atoms. The second kappa shape index (κ2) is 11.5. The molecule has 0 spiro atoms. The molecule has 0 saturated carbocycles. The Bertz CT molecular complexity index is 1310. The summed E-state index contributed by atoms with van der Waals surface area (Å²) in [7, 11) is 3.14. The largest absolute Gasteiger partial charge is 0.493 e. The molecule has 1 N–H and O–H groups in total. The van der Waals surface area contributed by atoms with E-state index in [1.807, 2.05) is 25.1 Å². The predicted molar refractivity (Wildman–Crippen MR) is 141 cm³/mol. The van der Waals surface area contributed by atoms with E-state index in [9.17, 15) is 19.7 Å². The number of esters is 1. The predicted octanol–water partition coefficient (Wildman–Crippen LogP) is 5.32. The van der Waals surface area contributed by atoms with Crippen LogP contribution >= 0.6 is 0 Å². The highest BCUT2D eigenvalue weighted by atomic mass is 16.6. The molecule has 200 valence electrons. The summed E-state index contributed by atoms with van der Waals surface area (Å²) in [5.74, 6) is -0.165. The van der Waals surface area contributed by atoms with Gasteiger partial charge in [-0.2, -0.15) is 0 Å². The van der Waals surface area contributed by atoms with Gasteiger partial charge in [0.2, 0.25) is 0 Å². The van der Waals surface area contributed by atoms with E-state index >= 15 is 0 Å². The number of allylic oxidation sites excluding steroid dienone is 3. The van der Waals surface area contributed by atoms with Gasteiger partial charge in [-0.05, 0) is 48.9 Å². The fourth-order valence-electron chi connectivity index (χ4n) is 5.16. The first-order chi connectivity index (χ1) is 18.3. The number of ether oxygens (including phenoxy) is 3. The van der Waals surface area contributed by atoms with E-state index < -0.39 is 16.8 Å². The van der Waals surface area contributed by atoms with Crippen LogP contribution in [-0.4, -0.2) is 37.5 Å². The highest BCUT2D eigenvalue weighted by Crippen LogP contribution is 2.46. The Labute approximate surface area is 221 Å². The zero-order chi connectivity index (χ0) is 27.4. The molecule has 0 fully saturated rings. The molecule has 0 radical (unpaired) electrons. The number of nitro groups is 1. The highest BCUT2D eigenvalue weighted by Gasteiger charge is 2.41. The quantitative estimate of drug-likeness (QED) is 0.204. The molecule has 0 unspecified atom stereocenters. The summed E-state index contributed by atoms with van der Waals surface area (Å²) in [5, 5.41) is 14.6. The molecule has 2 aromatic carbocycles. The minimum atomic E-state index is -0.681. The third-order valence-electron chi connectivity index (χ3n) is 7.09. The second-order valence-electron chi connectivity index (χ2n) is 9.47. The van der Waals surface area contributed by atoms with Crippen LogP contribution in [0.1, 0.15) is 62.5 Å². The Morgan fingerprint density at radius 2 is 1.74 bits per heavy atom. The molecule has 9 heteroatoms. The van der Waals surface area contributed by atoms with Crippen molar-refractivity contribution in [2.45, 2.75) is 51.4 Å². The topological polar surface area (TPSA) is 117 Å². The minimum Gasteiger partial charge on any atom is -0.493 e. The fraction of sp³-hybridized carbons (Fsp3) is 0.379. The van der Waals surface area contributed by atoms with Crippen molar-refractivity contribution in [3.8, 4) is 11.5 Å². The molecule has 2 aliphatic rings. The van der Waals surface area contributed by atoms with E-state index in [-0.39, 0.29) is 30.4 Å². The van der Waals surface area contributed by atoms with Crippen molar-refractivity contribution < 1.29 is 28.7 Å². The number of non-ortho nitro benzene ring substituents is 1. The zero-order valence-electron chi connectivity index (χ0n) is 22.0. The number of methoxy groups -OCH3 is 2. The lowest BCUT2D eigenvalue weighted by Crippen LogP contribution is -2.36. The van der Waals surface area contributed by atoms with Crippen molar-refractivity contribution in [1.29, 1.82) is 0 Å². The Balaban J connectivity index is 1.75. The summed E-state index contributed by atoms with van der Waals surface area (Å²) in [5.41, 5.74) is 3.72. The molecule has 38 heavy (non-hydrogen) atoms. The van der Waals surface area contributed by atoms with Crippen LogP contribution in [0.2, 0.25) is 0 Å². The number of carbonyl (C=O) groups is 2. The van der Waals surface area contributed by atoms with Gasteiger partial charge in [0.25, 0.3) is 5.69 Å². The number of rotatable bonds is 9. The molecule has 1 aliphatic carbocycles. The molecule has 2 atom stereocenters. The number of dihydropyridines is 1. The van der Waals surface area contributed by atoms with Crippen molar-refractivity contribution in [3.05, 3.63) is 86.2 Å². The summed E-state index contributed by atoms with van der Waals surface area (Å²) in [6, 6.07) is 11.7. The number of benzene rings is 2. The molecular formula is C29H32N2O7. The number of hydrogen-bond donors (Lipinski definition) is 1. The maximum absolute atomic E-state index is 13.7. The first-order valence-electron chi connectivity index (χ1n) is 12.7. The lowest BCUT2D eigenvalue weighted by atomic mass is 9.71. The van der Waals surface area contributed by atoms with Crippen molar-refractivity contribution in [1.82, 2.24) is 5.32 Å². The molecule has 0 aromatic heterocycles. The van der Waals surface area contributed by atoms with E-state index in [0.717, 1.165) is 24.1 Å². The molecule has 0 amide bonds. The van der Waals surface area contributed by atoms with Gasteiger partial charge in [-0.25, -0.2) is 4.79 Å². The molecule has 1 aliphatic heterocycles. The lowest BCUT2D eigenvalue weighted by Gasteiger charge is -2.36. The number of ketones is 1. The van der Waals surface area contributed by atoms with Crippen molar-refractivity contribution in [3.63, 3.8) is 0 Å². The van der Waals surface area contributed by atoms with E-state index in [1.165, 1.54) is 12.1 Å². The first-order valence-corrected chi connectivity index (χ1v) is 12.7. The van der Waals surface area contributed by atoms with Crippen LogP contribution in [0.5, 0.6) is 11.5 Å². The smallest absolute Gasteiger partial charge is 0.336 e. The van der Waals surface area contributed by atoms with E-state index in [0.29, 0.717) is 40.3 Å². The summed E-state index contributed by atoms with van der Waals surface area (Å²) >= 11 is 0. The number of Topliss-reactive ketones (excluding diaryl/α,β-unsaturated/α-hetero) is 1. The Kier molecular flexibility index (Phi) is 8.14. The van der Waals surface area contributed by atoms with Crippen LogP contribution in [0, 0.1) is 10.1 Å². The van der Waals surface area contributed by atoms with Gasteiger partial charge in [0.1, 0.15) is 0 Å². The average molecular weight is 521 g/mol. The number of nitrogens with one attached hydrogen (secondary N) is 1. The van der Waals surface area contributed by atoms with Crippen LogP contribution in [0.4, 0.5) is 5.69 Å². The van der Waals surface area contributed by atoms with E-state index in [2.05, 4.69) is 5.32 Å². The van der Waals surface area contributed by atoms with Crippen LogP contribution in [0.25, 0.3) is 0 Å². The van der Waals surface area contributed by atoms with E-state index in [4.69, 9.17) is 14.2 Å². The Hall–Kier alpha value is -4.14. The third kappa shape index (κ3) is 5.27. The number of hydrogen-bond acceptors (Lipinski definition) is 8. The monoisotopic (exact) mass is 520 g/mol. The van der Waals surface area contributed by atoms with Gasteiger partial charge >= 0.3 is 5.97 Å². The highest BCUT2D eigenvalue weighted by molar-refractivity contribution is 6.04. The SMILES string of the molecule is CCCCOC(=O)C1=C(C)NC2=C(C(=O)C[C@H](c3ccc(OC)c(OC)c3)C2)[C@@H]1c1ccc([N+](=O)[O-])cc1. The van der Waals surface area contributed by atoms with E-state index in [1.54, 1.807) is 33.3 Å². The summed E-state index contributed by atoms with van der Waals surface area (Å²) in [4.78, 5) is 37.8. The fourth-order valence-corrected chi connectivity index (χ4v) is 5.16. The lowest BCUT2D eigenvalue weighted by molar-refractivity contribution is -0.384. The third-order valence-corrected chi connectivity index (χ3v) is 7.09. The van der Waals surface area contributed by atoms with Crippen molar-refractivity contribution in [2.75, 3.05) is 20.8 Å². The maximum Gasteiger partial charge on any atom is 0.336 e. The molecule has 0 saturated heterocycles. The van der Waals surface area contributed by atoms with Crippen molar-refractivity contribution >= 4 is 17.4 Å². The van der Waals surface area contributed by atoms with Gasteiger partial charge in [0.05, 0.1) is 31.3 Å². The van der Waals surface area contributed by atoms with Crippen LogP contribution < -0.4 is 14.8 Å². The Morgan fingerprint density at radius 3 is 2.37 bits per heavy atom. The number of unbranched alkanes of at least 4 members (excludes halogenated alkanes) is 1. The molecular weight excluding hydrogens is 488 g/mol. The summed E-state index contributed by atoms with van der Waals surface area (Å²) in [6.45, 7) is 4.08. The van der Waals surface area contributed by atoms with Gasteiger partial charge in [-0.15, -0.1) is 0 Å². The van der Waals surface area contributed by atoms with Crippen LogP contribution in [-0.2, 0) is 14.3 Å². The molecule has 1 heterocycles. The number of nitro benzene ring substituents is 1. The number of carbonyl (C=O) groups excluding carboxylic acids is 2.